The third-order valence-corrected chi connectivity index (χ3v) is 2.14. The monoisotopic (exact) mass is 273 g/mol. The van der Waals surface area contributed by atoms with E-state index in [0.717, 1.165) is 12.1 Å². The highest BCUT2D eigenvalue weighted by Crippen LogP contribution is 2.17. The summed E-state index contributed by atoms with van der Waals surface area (Å²) >= 11 is 0. The van der Waals surface area contributed by atoms with Crippen LogP contribution in [0.1, 0.15) is 13.3 Å². The van der Waals surface area contributed by atoms with Crippen LogP contribution in [0.5, 0.6) is 5.75 Å². The van der Waals surface area contributed by atoms with Gasteiger partial charge in [0.15, 0.2) is 11.6 Å². The Morgan fingerprint density at radius 3 is 2.63 bits per heavy atom. The summed E-state index contributed by atoms with van der Waals surface area (Å²) in [6, 6.07) is 3.03. The van der Waals surface area contributed by atoms with Gasteiger partial charge in [-0.2, -0.15) is 0 Å². The van der Waals surface area contributed by atoms with E-state index in [1.54, 1.807) is 6.92 Å². The lowest BCUT2D eigenvalue weighted by Crippen LogP contribution is -2.32. The van der Waals surface area contributed by atoms with E-state index >= 15 is 0 Å². The van der Waals surface area contributed by atoms with Crippen molar-refractivity contribution in [1.82, 2.24) is 5.32 Å². The van der Waals surface area contributed by atoms with E-state index in [2.05, 4.69) is 5.32 Å². The summed E-state index contributed by atoms with van der Waals surface area (Å²) in [4.78, 5) is 21.5. The lowest BCUT2D eigenvalue weighted by molar-refractivity contribution is -0.138. The second kappa shape index (κ2) is 6.67. The molecule has 1 aromatic rings. The fourth-order valence-electron chi connectivity index (χ4n) is 1.33. The summed E-state index contributed by atoms with van der Waals surface area (Å²) < 4.78 is 30.8. The van der Waals surface area contributed by atoms with Gasteiger partial charge in [0.1, 0.15) is 18.4 Å². The van der Waals surface area contributed by atoms with Crippen molar-refractivity contribution in [3.05, 3.63) is 29.8 Å². The average molecular weight is 273 g/mol. The first-order valence-corrected chi connectivity index (χ1v) is 5.48. The van der Waals surface area contributed by atoms with Gasteiger partial charge in [0.05, 0.1) is 6.42 Å². The van der Waals surface area contributed by atoms with Crippen LogP contribution in [0.4, 0.5) is 8.78 Å². The van der Waals surface area contributed by atoms with Crippen molar-refractivity contribution in [1.29, 1.82) is 0 Å². The number of carbonyl (C=O) groups excluding carboxylic acids is 1. The molecule has 5 nitrogen and oxygen atoms in total. The molecule has 7 heteroatoms. The largest absolute Gasteiger partial charge is 0.490 e. The molecule has 0 radical (unpaired) electrons. The van der Waals surface area contributed by atoms with Crippen LogP contribution in [0.25, 0.3) is 0 Å². The number of rotatable bonds is 6. The van der Waals surface area contributed by atoms with Crippen molar-refractivity contribution in [2.24, 2.45) is 0 Å². The topological polar surface area (TPSA) is 75.6 Å². The third-order valence-electron chi connectivity index (χ3n) is 2.14. The van der Waals surface area contributed by atoms with Crippen LogP contribution in [0.2, 0.25) is 0 Å². The molecule has 1 amide bonds. The minimum atomic E-state index is -1.15. The molecule has 104 valence electrons. The molecule has 19 heavy (non-hydrogen) atoms. The van der Waals surface area contributed by atoms with Crippen LogP contribution in [0.3, 0.4) is 0 Å². The summed E-state index contributed by atoms with van der Waals surface area (Å²) in [6.07, 6.45) is -0.689. The summed E-state index contributed by atoms with van der Waals surface area (Å²) in [6.45, 7) is 1.08. The van der Waals surface area contributed by atoms with Gasteiger partial charge in [-0.15, -0.1) is 0 Å². The maximum absolute atomic E-state index is 12.9. The van der Waals surface area contributed by atoms with Gasteiger partial charge >= 0.3 is 5.97 Å². The van der Waals surface area contributed by atoms with Crippen LogP contribution in [0.15, 0.2) is 18.2 Å². The van der Waals surface area contributed by atoms with Crippen LogP contribution in [0, 0.1) is 11.6 Å². The average Bonchev–Trinajstić information content (AvgIpc) is 2.31. The Hall–Kier alpha value is -2.18. The minimum Gasteiger partial charge on any atom is -0.490 e. The zero-order chi connectivity index (χ0) is 14.4. The van der Waals surface area contributed by atoms with Crippen LogP contribution >= 0.6 is 0 Å². The number of nitrogens with one attached hydrogen (secondary N) is 1. The standard InChI is InChI=1S/C12H13F2NO4/c1-7(4-11(16)15-6-12(17)18)19-8-2-3-9(13)10(14)5-8/h2-3,5,7H,4,6H2,1H3,(H,15,16)(H,17,18). The molecule has 0 heterocycles. The Labute approximate surface area is 108 Å². The molecular formula is C12H13F2NO4. The first-order chi connectivity index (χ1) is 8.88. The Balaban J connectivity index is 2.46. The number of carboxylic acids is 1. The molecule has 1 atom stereocenters. The maximum Gasteiger partial charge on any atom is 0.322 e. The highest BCUT2D eigenvalue weighted by atomic mass is 19.2. The van der Waals surface area contributed by atoms with Crippen molar-refractivity contribution < 1.29 is 28.2 Å². The molecule has 0 saturated carbocycles. The van der Waals surface area contributed by atoms with Crippen molar-refractivity contribution in [2.75, 3.05) is 6.54 Å². The molecule has 0 aliphatic heterocycles. The Morgan fingerprint density at radius 1 is 1.37 bits per heavy atom. The molecule has 1 aromatic carbocycles. The number of amides is 1. The van der Waals surface area contributed by atoms with Gasteiger partial charge in [0, 0.05) is 6.07 Å². The number of carboxylic acid groups (broad SMARTS) is 1. The summed E-state index contributed by atoms with van der Waals surface area (Å²) in [5, 5.41) is 10.5. The van der Waals surface area contributed by atoms with Crippen molar-refractivity contribution >= 4 is 11.9 Å². The van der Waals surface area contributed by atoms with E-state index in [1.807, 2.05) is 0 Å². The van der Waals surface area contributed by atoms with Gasteiger partial charge in [0.2, 0.25) is 5.91 Å². The molecule has 0 spiro atoms. The normalized spacial score (nSPS) is 11.7. The second-order valence-electron chi connectivity index (χ2n) is 3.88. The fraction of sp³-hybridized carbons (Fsp3) is 0.333. The lowest BCUT2D eigenvalue weighted by Gasteiger charge is -2.14. The van der Waals surface area contributed by atoms with Crippen LogP contribution in [-0.2, 0) is 9.59 Å². The third kappa shape index (κ3) is 5.33. The Bertz CT molecular complexity index is 479. The Morgan fingerprint density at radius 2 is 2.05 bits per heavy atom. The molecule has 0 bridgehead atoms. The highest BCUT2D eigenvalue weighted by molar-refractivity contribution is 5.81. The van der Waals surface area contributed by atoms with Gasteiger partial charge in [-0.1, -0.05) is 0 Å². The molecular weight excluding hydrogens is 260 g/mol. The number of hydrogen-bond acceptors (Lipinski definition) is 3. The smallest absolute Gasteiger partial charge is 0.322 e. The molecule has 0 aliphatic carbocycles. The van der Waals surface area contributed by atoms with Gasteiger partial charge in [-0.3, -0.25) is 9.59 Å². The van der Waals surface area contributed by atoms with Crippen molar-refractivity contribution in [3.63, 3.8) is 0 Å². The van der Waals surface area contributed by atoms with Gasteiger partial charge in [-0.05, 0) is 19.1 Å². The fourth-order valence-corrected chi connectivity index (χ4v) is 1.33. The summed E-state index contributed by atoms with van der Waals surface area (Å²) in [5.74, 6) is -3.59. The predicted octanol–water partition coefficient (Wildman–Crippen LogP) is 1.32. The molecule has 0 fully saturated rings. The zero-order valence-corrected chi connectivity index (χ0v) is 10.2. The zero-order valence-electron chi connectivity index (χ0n) is 10.2. The van der Waals surface area contributed by atoms with Crippen LogP contribution in [-0.4, -0.2) is 29.6 Å². The van der Waals surface area contributed by atoms with E-state index in [1.165, 1.54) is 6.07 Å². The summed E-state index contributed by atoms with van der Waals surface area (Å²) in [5.41, 5.74) is 0. The molecule has 1 unspecified atom stereocenters. The number of benzene rings is 1. The minimum absolute atomic E-state index is 0.0910. The second-order valence-corrected chi connectivity index (χ2v) is 3.88. The van der Waals surface area contributed by atoms with Gasteiger partial charge in [0.25, 0.3) is 0 Å². The predicted molar refractivity (Wildman–Crippen MR) is 61.7 cm³/mol. The first-order valence-electron chi connectivity index (χ1n) is 5.48. The van der Waals surface area contributed by atoms with E-state index < -0.39 is 36.2 Å². The van der Waals surface area contributed by atoms with E-state index in [-0.39, 0.29) is 12.2 Å². The van der Waals surface area contributed by atoms with Crippen molar-refractivity contribution in [2.45, 2.75) is 19.4 Å². The molecule has 0 aliphatic rings. The summed E-state index contributed by atoms with van der Waals surface area (Å²) in [7, 11) is 0. The SMILES string of the molecule is CC(CC(=O)NCC(=O)O)Oc1ccc(F)c(F)c1. The maximum atomic E-state index is 12.9. The van der Waals surface area contributed by atoms with Gasteiger partial charge in [-0.25, -0.2) is 8.78 Å². The van der Waals surface area contributed by atoms with E-state index in [9.17, 15) is 18.4 Å². The molecule has 1 rings (SSSR count). The number of aliphatic carboxylic acids is 1. The quantitative estimate of drug-likeness (QED) is 0.819. The number of halogens is 2. The van der Waals surface area contributed by atoms with E-state index in [0.29, 0.717) is 0 Å². The van der Waals surface area contributed by atoms with Crippen molar-refractivity contribution in [3.8, 4) is 5.75 Å². The molecule has 0 saturated heterocycles. The van der Waals surface area contributed by atoms with Crippen LogP contribution < -0.4 is 10.1 Å². The highest BCUT2D eigenvalue weighted by Gasteiger charge is 2.12. The first kappa shape index (κ1) is 14.9. The number of carbonyl (C=O) groups is 2. The molecule has 0 aromatic heterocycles. The molecule has 2 N–H and O–H groups in total. The van der Waals surface area contributed by atoms with Gasteiger partial charge < -0.3 is 15.2 Å². The number of ether oxygens (including phenoxy) is 1. The lowest BCUT2D eigenvalue weighted by atomic mass is 10.2. The van der Waals surface area contributed by atoms with E-state index in [4.69, 9.17) is 9.84 Å². The number of hydrogen-bond donors (Lipinski definition) is 2. The Kier molecular flexibility index (Phi) is 5.23.